The van der Waals surface area contributed by atoms with Crippen LogP contribution in [0.1, 0.15) is 0 Å². The van der Waals surface area contributed by atoms with Crippen LogP contribution in [0.2, 0.25) is 0 Å². The van der Waals surface area contributed by atoms with Gasteiger partial charge in [0.1, 0.15) is 0 Å². The molecule has 0 bridgehead atoms. The van der Waals surface area contributed by atoms with E-state index in [0.717, 1.165) is 0 Å². The zero-order chi connectivity index (χ0) is 21.5. The summed E-state index contributed by atoms with van der Waals surface area (Å²) >= 11 is 0. The summed E-state index contributed by atoms with van der Waals surface area (Å²) in [5.74, 6) is 0. The van der Waals surface area contributed by atoms with Crippen LogP contribution in [0, 0.1) is 47.3 Å². The van der Waals surface area contributed by atoms with Gasteiger partial charge in [-0.05, 0) is 33.6 Å². The van der Waals surface area contributed by atoms with Gasteiger partial charge in [-0.15, -0.1) is 0 Å². The molecule has 0 aliphatic carbocycles. The Balaban J connectivity index is -0.0000000283. The molecular formula is C6H4F8N4O2P4Pt2. The van der Waals surface area contributed by atoms with Gasteiger partial charge in [-0.2, -0.15) is 9.59 Å². The van der Waals surface area contributed by atoms with E-state index in [1.54, 1.807) is 0 Å². The third kappa shape index (κ3) is 49.6. The van der Waals surface area contributed by atoms with Gasteiger partial charge in [0.15, 0.2) is 0 Å². The van der Waals surface area contributed by atoms with Gasteiger partial charge >= 0.3 is 44.7 Å². The zero-order valence-corrected chi connectivity index (χ0v) is 19.8. The SMILES string of the molecule is O=C([PH+](F)F)[PH+](F)F.O=C([PH+](F)F)[PH+](F)F.[C-]#N.[C-]#N.[C-]#N.[C-]#N.[Pt].[Pt]. The molecule has 0 saturated carbocycles. The quantitative estimate of drug-likeness (QED) is 0.180. The standard InChI is InChI=1S/2CF4OP2.4CN.2Pt/c2*2-7(3)1(6)8(4)5;4*1-2;;/q;;4*-1;;/p+4. The van der Waals surface area contributed by atoms with Crippen LogP contribution < -0.4 is 0 Å². The molecule has 0 aromatic carbocycles. The first-order chi connectivity index (χ1) is 11.1. The predicted octanol–water partition coefficient (Wildman–Crippen LogP) is 6.53. The molecule has 0 aromatic heterocycles. The van der Waals surface area contributed by atoms with Crippen molar-refractivity contribution >= 4 is 44.7 Å². The molecule has 0 aliphatic heterocycles. The van der Waals surface area contributed by atoms with Gasteiger partial charge in [-0.3, -0.25) is 0 Å². The third-order valence-corrected chi connectivity index (χ3v) is 4.33. The second-order valence-electron chi connectivity index (χ2n) is 1.70. The fourth-order valence-corrected chi connectivity index (χ4v) is 1.29. The van der Waals surface area contributed by atoms with Crippen molar-refractivity contribution in [3.05, 3.63) is 26.3 Å². The smallest absolute Gasteiger partial charge is 0.512 e. The van der Waals surface area contributed by atoms with E-state index in [1.165, 1.54) is 0 Å². The molecular weight excluding hydrogens is 826 g/mol. The maximum Gasteiger partial charge on any atom is 0.532 e. The second-order valence-corrected chi connectivity index (χ2v) is 6.60. The van der Waals surface area contributed by atoms with E-state index >= 15 is 0 Å². The van der Waals surface area contributed by atoms with Gasteiger partial charge in [0, 0.05) is 42.1 Å². The normalized spacial score (nSPS) is 6.92. The van der Waals surface area contributed by atoms with E-state index in [1.807, 2.05) is 0 Å². The van der Waals surface area contributed by atoms with E-state index in [9.17, 15) is 43.2 Å². The van der Waals surface area contributed by atoms with E-state index in [2.05, 4.69) is 0 Å². The fraction of sp³-hybridized carbons (Fsp3) is 0. The summed E-state index contributed by atoms with van der Waals surface area (Å²) in [6, 6.07) is 0. The number of halogens is 8. The summed E-state index contributed by atoms with van der Waals surface area (Å²) in [5, 5.41) is 20.8. The molecule has 0 aromatic rings. The van der Waals surface area contributed by atoms with Crippen molar-refractivity contribution in [2.75, 3.05) is 0 Å². The van der Waals surface area contributed by atoms with Crippen molar-refractivity contribution in [2.24, 2.45) is 0 Å². The minimum atomic E-state index is -4.36. The summed E-state index contributed by atoms with van der Waals surface area (Å²) in [5.41, 5.74) is 0. The summed E-state index contributed by atoms with van der Waals surface area (Å²) in [4.78, 5) is 18.9. The maximum atomic E-state index is 11.0. The Morgan fingerprint density at radius 2 is 0.538 bits per heavy atom. The first kappa shape index (κ1) is 50.1. The minimum Gasteiger partial charge on any atom is -0.512 e. The van der Waals surface area contributed by atoms with Gasteiger partial charge in [-0.25, -0.2) is 0 Å². The van der Waals surface area contributed by atoms with Gasteiger partial charge in [0.05, 0.1) is 0 Å². The van der Waals surface area contributed by atoms with Gasteiger partial charge in [0.25, 0.3) is 0 Å². The molecule has 26 heavy (non-hydrogen) atoms. The molecule has 0 heterocycles. The Bertz CT molecular complexity index is 332. The Kier molecular flexibility index (Phi) is 85.5. The number of hydrogen-bond acceptors (Lipinski definition) is 6. The van der Waals surface area contributed by atoms with Crippen molar-refractivity contribution in [1.82, 2.24) is 0 Å². The molecule has 0 radical (unpaired) electrons. The Hall–Kier alpha value is -0.163. The van der Waals surface area contributed by atoms with Crippen molar-refractivity contribution in [1.29, 1.82) is 21.0 Å². The van der Waals surface area contributed by atoms with Crippen molar-refractivity contribution in [3.8, 4) is 0 Å². The van der Waals surface area contributed by atoms with Crippen LogP contribution in [-0.2, 0) is 42.1 Å². The number of carbonyl (C=O) groups is 2. The van der Waals surface area contributed by atoms with E-state index in [4.69, 9.17) is 47.3 Å². The molecule has 156 valence electrons. The molecule has 0 N–H and O–H groups in total. The summed E-state index contributed by atoms with van der Waals surface area (Å²) in [6.45, 7) is 19.0. The van der Waals surface area contributed by atoms with Gasteiger partial charge < -0.3 is 47.3 Å². The molecule has 20 heteroatoms. The van der Waals surface area contributed by atoms with Crippen LogP contribution in [0.15, 0.2) is 0 Å². The molecule has 0 atom stereocenters. The average molecular weight is 830 g/mol. The van der Waals surface area contributed by atoms with Crippen molar-refractivity contribution < 1.29 is 85.3 Å². The maximum absolute atomic E-state index is 11.0. The summed E-state index contributed by atoms with van der Waals surface area (Å²) in [6.07, 6.45) is 0. The Morgan fingerprint density at radius 1 is 0.462 bits per heavy atom. The molecule has 0 unspecified atom stereocenters. The van der Waals surface area contributed by atoms with E-state index in [0.29, 0.717) is 0 Å². The predicted molar refractivity (Wildman–Crippen MR) is 72.8 cm³/mol. The summed E-state index contributed by atoms with van der Waals surface area (Å²) in [7, 11) is -17.4. The molecule has 0 rings (SSSR count). The van der Waals surface area contributed by atoms with Crippen LogP contribution in [0.4, 0.5) is 43.2 Å². The van der Waals surface area contributed by atoms with Crippen LogP contribution in [0.5, 0.6) is 0 Å². The number of hydrogen-bond donors (Lipinski definition) is 0. The van der Waals surface area contributed by atoms with Crippen LogP contribution in [0.3, 0.4) is 0 Å². The molecule has 0 fully saturated rings. The monoisotopic (exact) mass is 830 g/mol. The fourth-order valence-electron chi connectivity index (χ4n) is 0.143. The zero-order valence-electron chi connectivity index (χ0n) is 11.3. The molecule has 0 saturated heterocycles. The van der Waals surface area contributed by atoms with Crippen LogP contribution in [-0.4, -0.2) is 10.5 Å². The molecule has 6 nitrogen and oxygen atoms in total. The molecule has 0 aliphatic rings. The Morgan fingerprint density at radius 3 is 0.538 bits per heavy atom. The summed E-state index contributed by atoms with van der Waals surface area (Å²) < 4.78 is 87.8. The van der Waals surface area contributed by atoms with E-state index < -0.39 is 44.7 Å². The first-order valence-corrected chi connectivity index (χ1v) is 8.84. The third-order valence-electron chi connectivity index (χ3n) is 0.687. The number of nitrogens with zero attached hydrogens (tertiary/aromatic N) is 4. The van der Waals surface area contributed by atoms with Crippen molar-refractivity contribution in [2.45, 2.75) is 0 Å². The largest absolute Gasteiger partial charge is 0.532 e. The number of rotatable bonds is 4. The van der Waals surface area contributed by atoms with Crippen LogP contribution >= 0.6 is 34.2 Å². The average Bonchev–Trinajstić information content (AvgIpc) is 2.60. The minimum absolute atomic E-state index is 0. The first-order valence-electron chi connectivity index (χ1n) is 3.81. The number of carbonyl (C=O) groups excluding carboxylic acids is 2. The topological polar surface area (TPSA) is 129 Å². The Labute approximate surface area is 177 Å². The van der Waals surface area contributed by atoms with Crippen molar-refractivity contribution in [3.63, 3.8) is 0 Å². The van der Waals surface area contributed by atoms with Crippen LogP contribution in [0.25, 0.3) is 0 Å². The van der Waals surface area contributed by atoms with Gasteiger partial charge in [-0.1, -0.05) is 0 Å². The molecule has 0 amide bonds. The second kappa shape index (κ2) is 44.4. The van der Waals surface area contributed by atoms with E-state index in [-0.39, 0.29) is 42.1 Å². The van der Waals surface area contributed by atoms with Gasteiger partial charge in [0.2, 0.25) is 0 Å². The molecule has 0 spiro atoms.